The first-order valence-electron chi connectivity index (χ1n) is 6.04. The van der Waals surface area contributed by atoms with Crippen molar-refractivity contribution in [2.75, 3.05) is 6.54 Å². The van der Waals surface area contributed by atoms with Crippen LogP contribution in [0, 0.1) is 16.0 Å². The van der Waals surface area contributed by atoms with Gasteiger partial charge in [-0.2, -0.15) is 0 Å². The Hall–Kier alpha value is -1.89. The molecular weight excluding hydrogens is 250 g/mol. The zero-order chi connectivity index (χ0) is 14.6. The third-order valence-electron chi connectivity index (χ3n) is 2.60. The van der Waals surface area contributed by atoms with Crippen LogP contribution < -0.4 is 5.32 Å². The summed E-state index contributed by atoms with van der Waals surface area (Å²) < 4.78 is 0. The zero-order valence-electron chi connectivity index (χ0n) is 11.3. The molecule has 0 spiro atoms. The van der Waals surface area contributed by atoms with E-state index in [1.807, 2.05) is 13.8 Å². The quantitative estimate of drug-likeness (QED) is 0.536. The van der Waals surface area contributed by atoms with Crippen LogP contribution in [0.5, 0.6) is 0 Å². The molecule has 1 aromatic rings. The second-order valence-electron chi connectivity index (χ2n) is 5.31. The number of hydrogen-bond donors (Lipinski definition) is 3. The van der Waals surface area contributed by atoms with Crippen molar-refractivity contribution in [1.29, 1.82) is 0 Å². The maximum atomic E-state index is 11.7. The second-order valence-corrected chi connectivity index (χ2v) is 5.31. The third kappa shape index (κ3) is 4.70. The number of rotatable bonds is 6. The lowest BCUT2D eigenvalue weighted by atomic mass is 9.94. The molecule has 0 aliphatic carbocycles. The van der Waals surface area contributed by atoms with Crippen LogP contribution in [0.3, 0.4) is 0 Å². The van der Waals surface area contributed by atoms with E-state index < -0.39 is 16.4 Å². The van der Waals surface area contributed by atoms with E-state index in [9.17, 15) is 20.0 Å². The Morgan fingerprint density at radius 1 is 1.63 bits per heavy atom. The number of H-pyrrole nitrogens is 1. The van der Waals surface area contributed by atoms with Crippen molar-refractivity contribution >= 4 is 11.6 Å². The van der Waals surface area contributed by atoms with Crippen molar-refractivity contribution in [3.05, 3.63) is 28.1 Å². The maximum absolute atomic E-state index is 11.7. The predicted molar refractivity (Wildman–Crippen MR) is 69.9 cm³/mol. The molecule has 0 aromatic carbocycles. The van der Waals surface area contributed by atoms with Crippen molar-refractivity contribution in [3.8, 4) is 0 Å². The molecule has 3 N–H and O–H groups in total. The van der Waals surface area contributed by atoms with Gasteiger partial charge in [-0.15, -0.1) is 0 Å². The van der Waals surface area contributed by atoms with Gasteiger partial charge >= 0.3 is 0 Å². The van der Waals surface area contributed by atoms with Gasteiger partial charge in [-0.1, -0.05) is 13.8 Å². The van der Waals surface area contributed by atoms with Crippen molar-refractivity contribution in [3.63, 3.8) is 0 Å². The molecule has 1 rings (SSSR count). The summed E-state index contributed by atoms with van der Waals surface area (Å²) >= 11 is 0. The van der Waals surface area contributed by atoms with Crippen LogP contribution in [0.2, 0.25) is 0 Å². The molecule has 0 bridgehead atoms. The minimum Gasteiger partial charge on any atom is -0.388 e. The molecular formula is C12H19N3O4. The standard InChI is InChI=1S/C12H19N3O4/c1-8(2)5-12(3,17)7-14-11(16)10-4-9(6-13-10)15(18)19/h4,6,8,13,17H,5,7H2,1-3H3,(H,14,16). The SMILES string of the molecule is CC(C)CC(C)(O)CNC(=O)c1cc([N+](=O)[O-])c[nH]1. The minimum atomic E-state index is -0.998. The lowest BCUT2D eigenvalue weighted by Gasteiger charge is -2.25. The summed E-state index contributed by atoms with van der Waals surface area (Å²) in [4.78, 5) is 24.2. The highest BCUT2D eigenvalue weighted by atomic mass is 16.6. The highest BCUT2D eigenvalue weighted by Gasteiger charge is 2.23. The summed E-state index contributed by atoms with van der Waals surface area (Å²) in [5.41, 5.74) is -1.06. The van der Waals surface area contributed by atoms with Gasteiger partial charge in [0, 0.05) is 12.6 Å². The molecule has 106 valence electrons. The molecule has 1 unspecified atom stereocenters. The molecule has 0 saturated heterocycles. The van der Waals surface area contributed by atoms with E-state index in [1.54, 1.807) is 6.92 Å². The molecule has 1 amide bonds. The molecule has 0 saturated carbocycles. The number of carbonyl (C=O) groups excluding carboxylic acids is 1. The first-order valence-corrected chi connectivity index (χ1v) is 6.04. The van der Waals surface area contributed by atoms with E-state index in [1.165, 1.54) is 0 Å². The van der Waals surface area contributed by atoms with Crippen molar-refractivity contribution in [1.82, 2.24) is 10.3 Å². The molecule has 19 heavy (non-hydrogen) atoms. The number of carbonyl (C=O) groups is 1. The van der Waals surface area contributed by atoms with Gasteiger partial charge in [-0.05, 0) is 19.3 Å². The summed E-state index contributed by atoms with van der Waals surface area (Å²) in [5, 5.41) is 23.1. The fourth-order valence-electron chi connectivity index (χ4n) is 1.94. The normalized spacial score (nSPS) is 14.2. The Morgan fingerprint density at radius 3 is 2.74 bits per heavy atom. The number of amides is 1. The number of aliphatic hydroxyl groups is 1. The van der Waals surface area contributed by atoms with Crippen molar-refractivity contribution in [2.45, 2.75) is 32.8 Å². The van der Waals surface area contributed by atoms with E-state index in [2.05, 4.69) is 10.3 Å². The molecule has 0 aliphatic rings. The van der Waals surface area contributed by atoms with Crippen molar-refractivity contribution < 1.29 is 14.8 Å². The molecule has 0 fully saturated rings. The van der Waals surface area contributed by atoms with Crippen LogP contribution in [-0.2, 0) is 0 Å². The van der Waals surface area contributed by atoms with Gasteiger partial charge in [0.05, 0.1) is 16.7 Å². The fraction of sp³-hybridized carbons (Fsp3) is 0.583. The molecule has 7 heteroatoms. The predicted octanol–water partition coefficient (Wildman–Crippen LogP) is 1.45. The fourth-order valence-corrected chi connectivity index (χ4v) is 1.94. The Bertz CT molecular complexity index is 465. The average Bonchev–Trinajstić information content (AvgIpc) is 2.73. The first-order chi connectivity index (χ1) is 8.71. The summed E-state index contributed by atoms with van der Waals surface area (Å²) in [5.74, 6) is -0.171. The van der Waals surface area contributed by atoms with Crippen LogP contribution in [0.15, 0.2) is 12.3 Å². The molecule has 0 aliphatic heterocycles. The van der Waals surface area contributed by atoms with Gasteiger partial charge in [0.2, 0.25) is 0 Å². The van der Waals surface area contributed by atoms with Gasteiger partial charge in [0.1, 0.15) is 5.69 Å². The van der Waals surface area contributed by atoms with Crippen LogP contribution in [0.1, 0.15) is 37.7 Å². The lowest BCUT2D eigenvalue weighted by molar-refractivity contribution is -0.384. The molecule has 1 atom stereocenters. The summed E-state index contributed by atoms with van der Waals surface area (Å²) in [7, 11) is 0. The number of hydrogen-bond acceptors (Lipinski definition) is 4. The Kier molecular flexibility index (Phi) is 4.66. The molecule has 1 aromatic heterocycles. The molecule has 7 nitrogen and oxygen atoms in total. The van der Waals surface area contributed by atoms with Crippen LogP contribution in [-0.4, -0.2) is 33.1 Å². The highest BCUT2D eigenvalue weighted by molar-refractivity contribution is 5.93. The average molecular weight is 269 g/mol. The number of aromatic nitrogens is 1. The van der Waals surface area contributed by atoms with E-state index in [0.717, 1.165) is 12.3 Å². The Labute approximate surface area is 111 Å². The number of aromatic amines is 1. The largest absolute Gasteiger partial charge is 0.388 e. The van der Waals surface area contributed by atoms with Crippen LogP contribution in [0.4, 0.5) is 5.69 Å². The first kappa shape index (κ1) is 15.2. The van der Waals surface area contributed by atoms with E-state index >= 15 is 0 Å². The Balaban J connectivity index is 2.57. The van der Waals surface area contributed by atoms with E-state index in [-0.39, 0.29) is 17.9 Å². The second kappa shape index (κ2) is 5.83. The van der Waals surface area contributed by atoms with Crippen molar-refractivity contribution in [2.24, 2.45) is 5.92 Å². The third-order valence-corrected chi connectivity index (χ3v) is 2.60. The van der Waals surface area contributed by atoms with Gasteiger partial charge < -0.3 is 15.4 Å². The molecule has 0 radical (unpaired) electrons. The summed E-state index contributed by atoms with van der Waals surface area (Å²) in [6, 6.07) is 1.16. The lowest BCUT2D eigenvalue weighted by Crippen LogP contribution is -2.41. The van der Waals surface area contributed by atoms with Crippen LogP contribution in [0.25, 0.3) is 0 Å². The number of nitrogens with zero attached hydrogens (tertiary/aromatic N) is 1. The van der Waals surface area contributed by atoms with E-state index in [0.29, 0.717) is 12.3 Å². The summed E-state index contributed by atoms with van der Waals surface area (Å²) in [6.07, 6.45) is 1.71. The number of nitro groups is 1. The number of nitrogens with one attached hydrogen (secondary N) is 2. The Morgan fingerprint density at radius 2 is 2.26 bits per heavy atom. The highest BCUT2D eigenvalue weighted by Crippen LogP contribution is 2.16. The topological polar surface area (TPSA) is 108 Å². The van der Waals surface area contributed by atoms with Gasteiger partial charge in [0.15, 0.2) is 0 Å². The van der Waals surface area contributed by atoms with Gasteiger partial charge in [-0.3, -0.25) is 14.9 Å². The zero-order valence-corrected chi connectivity index (χ0v) is 11.3. The van der Waals surface area contributed by atoms with E-state index in [4.69, 9.17) is 0 Å². The van der Waals surface area contributed by atoms with Gasteiger partial charge in [-0.25, -0.2) is 0 Å². The monoisotopic (exact) mass is 269 g/mol. The van der Waals surface area contributed by atoms with Crippen LogP contribution >= 0.6 is 0 Å². The maximum Gasteiger partial charge on any atom is 0.287 e. The minimum absolute atomic E-state index is 0.0941. The van der Waals surface area contributed by atoms with Gasteiger partial charge in [0.25, 0.3) is 11.6 Å². The molecule has 1 heterocycles. The summed E-state index contributed by atoms with van der Waals surface area (Å²) in [6.45, 7) is 5.69. The smallest absolute Gasteiger partial charge is 0.287 e.